The monoisotopic (exact) mass is 583 g/mol. The number of amides is 1. The Balaban J connectivity index is 1.64. The summed E-state index contributed by atoms with van der Waals surface area (Å²) < 4.78 is 57.3. The molecule has 14 heteroatoms. The lowest BCUT2D eigenvalue weighted by Gasteiger charge is -2.52. The van der Waals surface area contributed by atoms with Crippen molar-refractivity contribution in [1.29, 1.82) is 0 Å². The zero-order valence-corrected chi connectivity index (χ0v) is 22.2. The summed E-state index contributed by atoms with van der Waals surface area (Å²) in [6, 6.07) is -0.589. The topological polar surface area (TPSA) is 158 Å². The Kier molecular flexibility index (Phi) is 6.90. The first-order chi connectivity index (χ1) is 19.0. The number of aromatic hydroxyl groups is 1. The van der Waals surface area contributed by atoms with Crippen LogP contribution in [-0.4, -0.2) is 94.1 Å². The van der Waals surface area contributed by atoms with E-state index in [1.807, 2.05) is 0 Å². The SMILES string of the molecule is CN(C)[C@@H]1C(=O)C(C(N)=O)C(=O)[C@@]2(O)C(=O)C3C(=O)c4c(O)cc(CN5CC[C@H](F)C5)c(C(F)(F)F)c4C[C@H]3C[C@@H]12. The molecular formula is C27H29F4N3O7. The molecule has 41 heavy (non-hydrogen) atoms. The van der Waals surface area contributed by atoms with E-state index in [1.165, 1.54) is 23.9 Å². The van der Waals surface area contributed by atoms with E-state index in [9.17, 15) is 51.7 Å². The molecule has 1 saturated heterocycles. The van der Waals surface area contributed by atoms with E-state index in [2.05, 4.69) is 0 Å². The van der Waals surface area contributed by atoms with Gasteiger partial charge in [-0.15, -0.1) is 0 Å². The maximum atomic E-state index is 14.5. The van der Waals surface area contributed by atoms with Crippen molar-refractivity contribution in [2.24, 2.45) is 29.4 Å². The van der Waals surface area contributed by atoms with Gasteiger partial charge in [-0.1, -0.05) is 0 Å². The average molecular weight is 584 g/mol. The first-order valence-corrected chi connectivity index (χ1v) is 13.2. The Hall–Kier alpha value is -3.23. The fraction of sp³-hybridized carbons (Fsp3) is 0.593. The van der Waals surface area contributed by atoms with Crippen molar-refractivity contribution >= 4 is 29.0 Å². The molecule has 0 bridgehead atoms. The number of likely N-dealkylation sites (tertiary alicyclic amines) is 1. The summed E-state index contributed by atoms with van der Waals surface area (Å²) in [6.45, 7) is -0.220. The fourth-order valence-corrected chi connectivity index (χ4v) is 7.39. The van der Waals surface area contributed by atoms with Crippen LogP contribution in [-0.2, 0) is 38.3 Å². The molecule has 1 aromatic rings. The van der Waals surface area contributed by atoms with Crippen LogP contribution in [0.2, 0.25) is 0 Å². The summed E-state index contributed by atoms with van der Waals surface area (Å²) in [5.74, 6) is -13.7. The molecule has 4 N–H and O–H groups in total. The first-order valence-electron chi connectivity index (χ1n) is 13.2. The van der Waals surface area contributed by atoms with Crippen LogP contribution >= 0.6 is 0 Å². The van der Waals surface area contributed by atoms with Crippen LogP contribution in [0.5, 0.6) is 5.75 Å². The third kappa shape index (κ3) is 4.29. The summed E-state index contributed by atoms with van der Waals surface area (Å²) in [7, 11) is 2.81. The predicted molar refractivity (Wildman–Crippen MR) is 131 cm³/mol. The molecule has 222 valence electrons. The predicted octanol–water partition coefficient (Wildman–Crippen LogP) is 0.430. The van der Waals surface area contributed by atoms with Crippen LogP contribution in [0, 0.1) is 23.7 Å². The van der Waals surface area contributed by atoms with Crippen LogP contribution < -0.4 is 5.73 Å². The van der Waals surface area contributed by atoms with E-state index >= 15 is 0 Å². The van der Waals surface area contributed by atoms with E-state index in [4.69, 9.17) is 5.73 Å². The van der Waals surface area contributed by atoms with Crippen molar-refractivity contribution < 1.29 is 51.7 Å². The van der Waals surface area contributed by atoms with Gasteiger partial charge in [0.05, 0.1) is 23.1 Å². The molecular weight excluding hydrogens is 554 g/mol. The van der Waals surface area contributed by atoms with E-state index < -0.39 is 106 Å². The number of benzene rings is 1. The number of alkyl halides is 4. The number of primary amides is 1. The molecule has 0 aromatic heterocycles. The lowest BCUT2D eigenvalue weighted by atomic mass is 9.52. The molecule has 3 aliphatic carbocycles. The summed E-state index contributed by atoms with van der Waals surface area (Å²) in [5, 5.41) is 22.3. The molecule has 3 fully saturated rings. The number of carbonyl (C=O) groups is 5. The summed E-state index contributed by atoms with van der Waals surface area (Å²) in [6.07, 6.45) is -6.93. The molecule has 10 nitrogen and oxygen atoms in total. The molecule has 7 atom stereocenters. The minimum absolute atomic E-state index is 0.0895. The molecule has 1 heterocycles. The second-order valence-corrected chi connectivity index (χ2v) is 11.7. The number of nitrogens with two attached hydrogens (primary N) is 1. The van der Waals surface area contributed by atoms with E-state index in [-0.39, 0.29) is 38.0 Å². The smallest absolute Gasteiger partial charge is 0.417 e. The Labute approximate surface area is 231 Å². The summed E-state index contributed by atoms with van der Waals surface area (Å²) in [4.78, 5) is 68.7. The highest BCUT2D eigenvalue weighted by molar-refractivity contribution is 6.32. The number of phenolic OH excluding ortho intramolecular Hbond substituents is 1. The molecule has 1 amide bonds. The molecule has 1 aliphatic heterocycles. The zero-order chi connectivity index (χ0) is 30.3. The number of nitrogens with zero attached hydrogens (tertiary/aromatic N) is 2. The zero-order valence-electron chi connectivity index (χ0n) is 22.2. The van der Waals surface area contributed by atoms with Crippen LogP contribution in [0.4, 0.5) is 17.6 Å². The van der Waals surface area contributed by atoms with Gasteiger partial charge in [0.2, 0.25) is 5.91 Å². The molecule has 1 aromatic carbocycles. The van der Waals surface area contributed by atoms with E-state index in [0.717, 1.165) is 6.07 Å². The van der Waals surface area contributed by atoms with Gasteiger partial charge in [0.25, 0.3) is 0 Å². The maximum absolute atomic E-state index is 14.5. The largest absolute Gasteiger partial charge is 0.507 e. The van der Waals surface area contributed by atoms with Gasteiger partial charge >= 0.3 is 6.18 Å². The number of phenols is 1. The van der Waals surface area contributed by atoms with Gasteiger partial charge < -0.3 is 15.9 Å². The summed E-state index contributed by atoms with van der Waals surface area (Å²) >= 11 is 0. The van der Waals surface area contributed by atoms with E-state index in [0.29, 0.717) is 0 Å². The second kappa shape index (κ2) is 9.66. The van der Waals surface area contributed by atoms with Crippen molar-refractivity contribution in [2.45, 2.75) is 49.8 Å². The summed E-state index contributed by atoms with van der Waals surface area (Å²) in [5.41, 5.74) is -0.499. The molecule has 0 radical (unpaired) electrons. The third-order valence-electron chi connectivity index (χ3n) is 9.04. The third-order valence-corrected chi connectivity index (χ3v) is 9.04. The highest BCUT2D eigenvalue weighted by Gasteiger charge is 2.69. The van der Waals surface area contributed by atoms with Gasteiger partial charge in [-0.05, 0) is 56.5 Å². The van der Waals surface area contributed by atoms with Gasteiger partial charge in [0.1, 0.15) is 11.9 Å². The Morgan fingerprint density at radius 1 is 1.20 bits per heavy atom. The molecule has 0 spiro atoms. The Morgan fingerprint density at radius 3 is 2.39 bits per heavy atom. The minimum atomic E-state index is -4.98. The van der Waals surface area contributed by atoms with Crippen LogP contribution in [0.15, 0.2) is 6.07 Å². The molecule has 2 saturated carbocycles. The number of hydrogen-bond donors (Lipinski definition) is 3. The maximum Gasteiger partial charge on any atom is 0.417 e. The highest BCUT2D eigenvalue weighted by atomic mass is 19.4. The van der Waals surface area contributed by atoms with Crippen molar-refractivity contribution in [2.75, 3.05) is 27.2 Å². The Morgan fingerprint density at radius 2 is 1.85 bits per heavy atom. The number of carbonyl (C=O) groups excluding carboxylic acids is 5. The number of aliphatic hydroxyl groups is 1. The number of ketones is 4. The average Bonchev–Trinajstić information content (AvgIpc) is 3.24. The van der Waals surface area contributed by atoms with Crippen molar-refractivity contribution in [3.05, 3.63) is 28.3 Å². The van der Waals surface area contributed by atoms with E-state index in [1.54, 1.807) is 0 Å². The number of fused-ring (bicyclic) bond motifs is 3. The van der Waals surface area contributed by atoms with Gasteiger partial charge in [-0.25, -0.2) is 4.39 Å². The van der Waals surface area contributed by atoms with Crippen molar-refractivity contribution in [1.82, 2.24) is 9.80 Å². The lowest BCUT2D eigenvalue weighted by Crippen LogP contribution is -2.74. The molecule has 5 rings (SSSR count). The molecule has 2 unspecified atom stereocenters. The van der Waals surface area contributed by atoms with Crippen molar-refractivity contribution in [3.8, 4) is 5.75 Å². The number of rotatable bonds is 4. The van der Waals surface area contributed by atoms with Gasteiger partial charge in [0, 0.05) is 25.6 Å². The minimum Gasteiger partial charge on any atom is -0.507 e. The van der Waals surface area contributed by atoms with Crippen LogP contribution in [0.25, 0.3) is 0 Å². The van der Waals surface area contributed by atoms with Gasteiger partial charge in [0.15, 0.2) is 34.7 Å². The normalized spacial score (nSPS) is 34.0. The van der Waals surface area contributed by atoms with Crippen LogP contribution in [0.3, 0.4) is 0 Å². The van der Waals surface area contributed by atoms with Crippen LogP contribution in [0.1, 0.15) is 39.9 Å². The Bertz CT molecular complexity index is 1380. The van der Waals surface area contributed by atoms with Gasteiger partial charge in [-0.2, -0.15) is 13.2 Å². The number of hydrogen-bond acceptors (Lipinski definition) is 9. The standard InChI is InChI=1S/C27H29F4N3O7/c1-33(2)20-14-6-10-5-13-17(15(35)7-11(19(13)27(29,30)31)8-34-4-3-12(28)9-34)21(36)16(10)23(38)26(14,41)24(39)18(22(20)37)25(32)40/h7,10,12,14,16,18,20,35,41H,3-6,8-9H2,1-2H3,(H2,32,40)/t10-,12-,14-,16?,18?,20-,26-/m0/s1. The first kappa shape index (κ1) is 29.3. The molecule has 4 aliphatic rings. The van der Waals surface area contributed by atoms with Crippen molar-refractivity contribution in [3.63, 3.8) is 0 Å². The number of likely N-dealkylation sites (N-methyl/N-ethyl adjacent to an activating group) is 1. The van der Waals surface area contributed by atoms with Gasteiger partial charge in [-0.3, -0.25) is 33.8 Å². The second-order valence-electron chi connectivity index (χ2n) is 11.7. The number of Topliss-reactive ketones (excluding diaryl/α,β-unsaturated/α-hetero) is 4. The quantitative estimate of drug-likeness (QED) is 0.338. The number of halogens is 4. The lowest BCUT2D eigenvalue weighted by molar-refractivity contribution is -0.181. The fourth-order valence-electron chi connectivity index (χ4n) is 7.39. The highest BCUT2D eigenvalue weighted by Crippen LogP contribution is 2.52.